The third-order valence-electron chi connectivity index (χ3n) is 2.36. The molecular formula is C13H19F2N. The van der Waals surface area contributed by atoms with Gasteiger partial charge in [-0.25, -0.2) is 8.78 Å². The lowest BCUT2D eigenvalue weighted by atomic mass is 9.86. The van der Waals surface area contributed by atoms with Crippen LogP contribution in [-0.4, -0.2) is 6.04 Å². The molecule has 0 saturated carbocycles. The van der Waals surface area contributed by atoms with Crippen molar-refractivity contribution in [2.45, 2.75) is 39.7 Å². The van der Waals surface area contributed by atoms with Crippen molar-refractivity contribution in [3.05, 3.63) is 35.4 Å². The van der Waals surface area contributed by atoms with E-state index in [9.17, 15) is 8.78 Å². The molecule has 3 heteroatoms. The number of nitrogens with two attached hydrogens (primary N) is 1. The summed E-state index contributed by atoms with van der Waals surface area (Å²) in [5.41, 5.74) is 6.38. The van der Waals surface area contributed by atoms with Crippen LogP contribution in [0.15, 0.2) is 18.2 Å². The van der Waals surface area contributed by atoms with Gasteiger partial charge in [0.05, 0.1) is 0 Å². The van der Waals surface area contributed by atoms with E-state index in [0.29, 0.717) is 12.0 Å². The van der Waals surface area contributed by atoms with Crippen LogP contribution in [0.25, 0.3) is 0 Å². The highest BCUT2D eigenvalue weighted by Crippen LogP contribution is 2.22. The molecule has 0 heterocycles. The molecule has 0 aliphatic heterocycles. The first-order chi connectivity index (χ1) is 7.28. The molecule has 90 valence electrons. The highest BCUT2D eigenvalue weighted by Gasteiger charge is 2.17. The van der Waals surface area contributed by atoms with Crippen LogP contribution >= 0.6 is 0 Å². The maximum absolute atomic E-state index is 13.3. The van der Waals surface area contributed by atoms with Crippen LogP contribution in [0.1, 0.15) is 32.8 Å². The quantitative estimate of drug-likeness (QED) is 0.842. The minimum absolute atomic E-state index is 0.100. The maximum Gasteiger partial charge on any atom is 0.126 e. The lowest BCUT2D eigenvalue weighted by Crippen LogP contribution is -2.28. The molecule has 1 rings (SSSR count). The van der Waals surface area contributed by atoms with Crippen LogP contribution in [0.5, 0.6) is 0 Å². The predicted octanol–water partition coefficient (Wildman–Crippen LogP) is 3.27. The molecule has 0 aromatic heterocycles. The van der Waals surface area contributed by atoms with E-state index in [4.69, 9.17) is 5.73 Å². The molecule has 1 aromatic carbocycles. The SMILES string of the molecule is CC(C)(C)CC(N)Cc1cc(F)ccc1F. The highest BCUT2D eigenvalue weighted by molar-refractivity contribution is 5.19. The predicted molar refractivity (Wildman–Crippen MR) is 62.1 cm³/mol. The molecule has 1 aromatic rings. The topological polar surface area (TPSA) is 26.0 Å². The monoisotopic (exact) mass is 227 g/mol. The lowest BCUT2D eigenvalue weighted by molar-refractivity contribution is 0.337. The Morgan fingerprint density at radius 1 is 1.25 bits per heavy atom. The second-order valence-corrected chi connectivity index (χ2v) is 5.46. The summed E-state index contributed by atoms with van der Waals surface area (Å²) in [4.78, 5) is 0. The largest absolute Gasteiger partial charge is 0.327 e. The Labute approximate surface area is 95.7 Å². The Bertz CT molecular complexity index is 355. The number of benzene rings is 1. The van der Waals surface area contributed by atoms with Crippen LogP contribution in [0.3, 0.4) is 0 Å². The molecule has 0 saturated heterocycles. The number of halogens is 2. The summed E-state index contributed by atoms with van der Waals surface area (Å²) in [5.74, 6) is -0.801. The number of hydrogen-bond donors (Lipinski definition) is 1. The van der Waals surface area contributed by atoms with Crippen molar-refractivity contribution >= 4 is 0 Å². The second-order valence-electron chi connectivity index (χ2n) is 5.46. The molecule has 0 radical (unpaired) electrons. The second kappa shape index (κ2) is 4.91. The third kappa shape index (κ3) is 4.27. The van der Waals surface area contributed by atoms with Gasteiger partial charge in [-0.15, -0.1) is 0 Å². The fourth-order valence-electron chi connectivity index (χ4n) is 1.84. The van der Waals surface area contributed by atoms with E-state index in [2.05, 4.69) is 20.8 Å². The van der Waals surface area contributed by atoms with Crippen LogP contribution in [0, 0.1) is 17.0 Å². The smallest absolute Gasteiger partial charge is 0.126 e. The molecule has 0 spiro atoms. The Balaban J connectivity index is 2.69. The summed E-state index contributed by atoms with van der Waals surface area (Å²) in [6.07, 6.45) is 1.16. The van der Waals surface area contributed by atoms with Crippen molar-refractivity contribution in [3.63, 3.8) is 0 Å². The minimum atomic E-state index is -0.417. The summed E-state index contributed by atoms with van der Waals surface area (Å²) < 4.78 is 26.3. The van der Waals surface area contributed by atoms with Crippen LogP contribution in [0.2, 0.25) is 0 Å². The average molecular weight is 227 g/mol. The van der Waals surface area contributed by atoms with Gasteiger partial charge in [0.1, 0.15) is 11.6 Å². The van der Waals surface area contributed by atoms with E-state index in [1.807, 2.05) is 0 Å². The fraction of sp³-hybridized carbons (Fsp3) is 0.538. The summed E-state index contributed by atoms with van der Waals surface area (Å²) in [6.45, 7) is 6.23. The molecule has 16 heavy (non-hydrogen) atoms. The first kappa shape index (κ1) is 13.1. The van der Waals surface area contributed by atoms with E-state index >= 15 is 0 Å². The lowest BCUT2D eigenvalue weighted by Gasteiger charge is -2.23. The molecule has 0 bridgehead atoms. The molecule has 1 unspecified atom stereocenters. The van der Waals surface area contributed by atoms with Gasteiger partial charge in [-0.3, -0.25) is 0 Å². The van der Waals surface area contributed by atoms with Crippen molar-refractivity contribution in [3.8, 4) is 0 Å². The van der Waals surface area contributed by atoms with E-state index < -0.39 is 5.82 Å². The standard InChI is InChI=1S/C13H19F2N/c1-13(2,3)8-11(16)7-9-6-10(14)4-5-12(9)15/h4-6,11H,7-8,16H2,1-3H3. The van der Waals surface area contributed by atoms with E-state index in [-0.39, 0.29) is 17.3 Å². The van der Waals surface area contributed by atoms with Gasteiger partial charge in [-0.05, 0) is 42.0 Å². The molecule has 1 nitrogen and oxygen atoms in total. The van der Waals surface area contributed by atoms with Gasteiger partial charge in [-0.2, -0.15) is 0 Å². The van der Waals surface area contributed by atoms with Crippen molar-refractivity contribution in [2.75, 3.05) is 0 Å². The molecule has 2 N–H and O–H groups in total. The molecule has 0 aliphatic carbocycles. The highest BCUT2D eigenvalue weighted by atomic mass is 19.1. The molecular weight excluding hydrogens is 208 g/mol. The fourth-order valence-corrected chi connectivity index (χ4v) is 1.84. The average Bonchev–Trinajstić information content (AvgIpc) is 2.08. The Morgan fingerprint density at radius 3 is 2.44 bits per heavy atom. The van der Waals surface area contributed by atoms with E-state index in [0.717, 1.165) is 18.6 Å². The first-order valence-corrected chi connectivity index (χ1v) is 5.47. The summed E-state index contributed by atoms with van der Waals surface area (Å²) >= 11 is 0. The summed E-state index contributed by atoms with van der Waals surface area (Å²) in [7, 11) is 0. The molecule has 0 aliphatic rings. The van der Waals surface area contributed by atoms with Crippen molar-refractivity contribution in [2.24, 2.45) is 11.1 Å². The number of hydrogen-bond acceptors (Lipinski definition) is 1. The minimum Gasteiger partial charge on any atom is -0.327 e. The third-order valence-corrected chi connectivity index (χ3v) is 2.36. The first-order valence-electron chi connectivity index (χ1n) is 5.47. The van der Waals surface area contributed by atoms with Gasteiger partial charge in [-0.1, -0.05) is 20.8 Å². The van der Waals surface area contributed by atoms with Crippen molar-refractivity contribution in [1.29, 1.82) is 0 Å². The number of rotatable bonds is 3. The Morgan fingerprint density at radius 2 is 1.88 bits per heavy atom. The summed E-state index contributed by atoms with van der Waals surface area (Å²) in [5, 5.41) is 0. The van der Waals surface area contributed by atoms with Gasteiger partial charge >= 0.3 is 0 Å². The van der Waals surface area contributed by atoms with Gasteiger partial charge in [0.25, 0.3) is 0 Å². The Hall–Kier alpha value is -0.960. The molecule has 1 atom stereocenters. The van der Waals surface area contributed by atoms with Crippen LogP contribution in [0.4, 0.5) is 8.78 Å². The zero-order chi connectivity index (χ0) is 12.3. The zero-order valence-corrected chi connectivity index (χ0v) is 10.1. The Kier molecular flexibility index (Phi) is 4.03. The van der Waals surface area contributed by atoms with Crippen molar-refractivity contribution in [1.82, 2.24) is 0 Å². The van der Waals surface area contributed by atoms with Gasteiger partial charge in [0.2, 0.25) is 0 Å². The molecule has 0 amide bonds. The summed E-state index contributed by atoms with van der Waals surface area (Å²) in [6, 6.07) is 3.34. The van der Waals surface area contributed by atoms with Gasteiger partial charge in [0, 0.05) is 6.04 Å². The van der Waals surface area contributed by atoms with Crippen molar-refractivity contribution < 1.29 is 8.78 Å². The van der Waals surface area contributed by atoms with Gasteiger partial charge in [0.15, 0.2) is 0 Å². The van der Waals surface area contributed by atoms with Crippen LogP contribution < -0.4 is 5.73 Å². The normalized spacial score (nSPS) is 13.9. The van der Waals surface area contributed by atoms with E-state index in [1.165, 1.54) is 6.07 Å². The zero-order valence-electron chi connectivity index (χ0n) is 10.1. The van der Waals surface area contributed by atoms with Crippen LogP contribution in [-0.2, 0) is 6.42 Å². The van der Waals surface area contributed by atoms with E-state index in [1.54, 1.807) is 0 Å². The maximum atomic E-state index is 13.3. The van der Waals surface area contributed by atoms with Gasteiger partial charge < -0.3 is 5.73 Å². The molecule has 0 fully saturated rings.